The molecular weight excluding hydrogens is 264 g/mol. The molecule has 1 heterocycles. The summed E-state index contributed by atoms with van der Waals surface area (Å²) in [5.74, 6) is 1.25. The van der Waals surface area contributed by atoms with Crippen LogP contribution in [0.2, 0.25) is 0 Å². The zero-order valence-electron chi connectivity index (χ0n) is 13.4. The van der Waals surface area contributed by atoms with Gasteiger partial charge in [-0.1, -0.05) is 39.5 Å². The molecule has 1 spiro atoms. The standard InChI is InChI=1S/C17H28N2O2/c1-3-12(4-2)11-19-14(13-7-8-13)15(20)18-17(16(19)21)9-5-6-10-17/h12-14H,3-11H2,1-2H3,(H,18,20). The molecule has 0 radical (unpaired) electrons. The number of rotatable bonds is 5. The van der Waals surface area contributed by atoms with Crippen molar-refractivity contribution < 1.29 is 9.59 Å². The summed E-state index contributed by atoms with van der Waals surface area (Å²) in [6.45, 7) is 5.13. The molecule has 3 fully saturated rings. The van der Waals surface area contributed by atoms with E-state index in [4.69, 9.17) is 0 Å². The van der Waals surface area contributed by atoms with Gasteiger partial charge in [0.05, 0.1) is 0 Å². The fourth-order valence-electron chi connectivity index (χ4n) is 4.13. The van der Waals surface area contributed by atoms with Crippen LogP contribution in [0, 0.1) is 11.8 Å². The fourth-order valence-corrected chi connectivity index (χ4v) is 4.13. The second kappa shape index (κ2) is 5.62. The van der Waals surface area contributed by atoms with Gasteiger partial charge in [0.2, 0.25) is 11.8 Å². The van der Waals surface area contributed by atoms with Crippen molar-refractivity contribution in [1.29, 1.82) is 0 Å². The average molecular weight is 292 g/mol. The van der Waals surface area contributed by atoms with E-state index in [9.17, 15) is 9.59 Å². The lowest BCUT2D eigenvalue weighted by Gasteiger charge is -2.45. The maximum absolute atomic E-state index is 13.1. The summed E-state index contributed by atoms with van der Waals surface area (Å²) in [4.78, 5) is 27.7. The molecule has 0 aromatic carbocycles. The number of hydrogen-bond acceptors (Lipinski definition) is 2. The summed E-state index contributed by atoms with van der Waals surface area (Å²) in [6, 6.07) is -0.190. The maximum atomic E-state index is 13.1. The Morgan fingerprint density at radius 1 is 1.19 bits per heavy atom. The number of nitrogens with zero attached hydrogens (tertiary/aromatic N) is 1. The topological polar surface area (TPSA) is 49.4 Å². The Bertz CT molecular complexity index is 421. The van der Waals surface area contributed by atoms with Crippen LogP contribution in [0.1, 0.15) is 65.2 Å². The van der Waals surface area contributed by atoms with E-state index in [0.29, 0.717) is 11.8 Å². The van der Waals surface area contributed by atoms with Crippen LogP contribution in [0.3, 0.4) is 0 Å². The van der Waals surface area contributed by atoms with Gasteiger partial charge in [0.25, 0.3) is 0 Å². The highest BCUT2D eigenvalue weighted by Gasteiger charge is 2.55. The van der Waals surface area contributed by atoms with Crippen molar-refractivity contribution in [3.63, 3.8) is 0 Å². The molecule has 1 saturated heterocycles. The minimum atomic E-state index is -0.561. The van der Waals surface area contributed by atoms with Crippen LogP contribution in [0.4, 0.5) is 0 Å². The van der Waals surface area contributed by atoms with Crippen LogP contribution in [0.25, 0.3) is 0 Å². The van der Waals surface area contributed by atoms with Crippen LogP contribution < -0.4 is 5.32 Å². The van der Waals surface area contributed by atoms with E-state index < -0.39 is 5.54 Å². The summed E-state index contributed by atoms with van der Waals surface area (Å²) in [5, 5.41) is 3.12. The second-order valence-electron chi connectivity index (χ2n) is 7.20. The zero-order chi connectivity index (χ0) is 15.0. The van der Waals surface area contributed by atoms with Gasteiger partial charge in [-0.3, -0.25) is 9.59 Å². The maximum Gasteiger partial charge on any atom is 0.249 e. The average Bonchev–Trinajstić information content (AvgIpc) is 3.20. The van der Waals surface area contributed by atoms with E-state index >= 15 is 0 Å². The Labute approximate surface area is 127 Å². The van der Waals surface area contributed by atoms with E-state index in [2.05, 4.69) is 19.2 Å². The third kappa shape index (κ3) is 2.58. The number of carbonyl (C=O) groups excluding carboxylic acids is 2. The number of hydrogen-bond donors (Lipinski definition) is 1. The van der Waals surface area contributed by atoms with E-state index in [0.717, 1.165) is 57.9 Å². The number of piperazine rings is 1. The Kier molecular flexibility index (Phi) is 3.98. The molecule has 21 heavy (non-hydrogen) atoms. The Balaban J connectivity index is 1.85. The van der Waals surface area contributed by atoms with E-state index in [1.54, 1.807) is 0 Å². The number of nitrogens with one attached hydrogen (secondary N) is 1. The SMILES string of the molecule is CCC(CC)CN1C(=O)C2(CCCC2)NC(=O)C1C1CC1. The predicted molar refractivity (Wildman–Crippen MR) is 81.6 cm³/mol. The first kappa shape index (κ1) is 14.9. The zero-order valence-corrected chi connectivity index (χ0v) is 13.4. The number of carbonyl (C=O) groups is 2. The molecule has 2 aliphatic carbocycles. The Morgan fingerprint density at radius 3 is 2.33 bits per heavy atom. The van der Waals surface area contributed by atoms with Gasteiger partial charge in [0.1, 0.15) is 11.6 Å². The van der Waals surface area contributed by atoms with Crippen molar-refractivity contribution >= 4 is 11.8 Å². The van der Waals surface area contributed by atoms with E-state index in [-0.39, 0.29) is 17.9 Å². The van der Waals surface area contributed by atoms with Gasteiger partial charge in [-0.2, -0.15) is 0 Å². The summed E-state index contributed by atoms with van der Waals surface area (Å²) in [6.07, 6.45) is 8.11. The van der Waals surface area contributed by atoms with Crippen molar-refractivity contribution in [2.24, 2.45) is 11.8 Å². The predicted octanol–water partition coefficient (Wildman–Crippen LogP) is 2.47. The van der Waals surface area contributed by atoms with E-state index in [1.807, 2.05) is 4.90 Å². The van der Waals surface area contributed by atoms with Crippen LogP contribution in [-0.4, -0.2) is 34.8 Å². The first-order chi connectivity index (χ1) is 10.1. The monoisotopic (exact) mass is 292 g/mol. The van der Waals surface area contributed by atoms with Gasteiger partial charge in [-0.25, -0.2) is 0 Å². The third-order valence-corrected chi connectivity index (χ3v) is 5.77. The first-order valence-corrected chi connectivity index (χ1v) is 8.74. The van der Waals surface area contributed by atoms with Crippen LogP contribution >= 0.6 is 0 Å². The molecule has 2 amide bonds. The highest BCUT2D eigenvalue weighted by molar-refractivity contribution is 6.00. The smallest absolute Gasteiger partial charge is 0.249 e. The van der Waals surface area contributed by atoms with Crippen LogP contribution in [0.5, 0.6) is 0 Å². The molecule has 2 saturated carbocycles. The van der Waals surface area contributed by atoms with Gasteiger partial charge in [0.15, 0.2) is 0 Å². The highest BCUT2D eigenvalue weighted by atomic mass is 16.2. The molecule has 118 valence electrons. The van der Waals surface area contributed by atoms with Crippen molar-refractivity contribution in [3.05, 3.63) is 0 Å². The van der Waals surface area contributed by atoms with Crippen LogP contribution in [-0.2, 0) is 9.59 Å². The molecule has 4 heteroatoms. The second-order valence-corrected chi connectivity index (χ2v) is 7.20. The molecular formula is C17H28N2O2. The van der Waals surface area contributed by atoms with Gasteiger partial charge in [-0.15, -0.1) is 0 Å². The number of amides is 2. The minimum absolute atomic E-state index is 0.116. The minimum Gasteiger partial charge on any atom is -0.340 e. The summed E-state index contributed by atoms with van der Waals surface area (Å²) in [5.41, 5.74) is -0.561. The summed E-state index contributed by atoms with van der Waals surface area (Å²) < 4.78 is 0. The lowest BCUT2D eigenvalue weighted by Crippen LogP contribution is -2.70. The normalized spacial score (nSPS) is 28.5. The largest absolute Gasteiger partial charge is 0.340 e. The molecule has 3 aliphatic rings. The molecule has 0 bridgehead atoms. The summed E-state index contributed by atoms with van der Waals surface area (Å²) in [7, 11) is 0. The molecule has 3 rings (SSSR count). The lowest BCUT2D eigenvalue weighted by atomic mass is 9.88. The van der Waals surface area contributed by atoms with Crippen molar-refractivity contribution in [3.8, 4) is 0 Å². The fraction of sp³-hybridized carbons (Fsp3) is 0.882. The molecule has 4 nitrogen and oxygen atoms in total. The van der Waals surface area contributed by atoms with Crippen molar-refractivity contribution in [1.82, 2.24) is 10.2 Å². The lowest BCUT2D eigenvalue weighted by molar-refractivity contribution is -0.156. The van der Waals surface area contributed by atoms with Gasteiger partial charge < -0.3 is 10.2 Å². The molecule has 0 aromatic heterocycles. The Hall–Kier alpha value is -1.06. The van der Waals surface area contributed by atoms with Gasteiger partial charge in [0, 0.05) is 6.54 Å². The van der Waals surface area contributed by atoms with Crippen molar-refractivity contribution in [2.45, 2.75) is 76.8 Å². The molecule has 1 unspecified atom stereocenters. The molecule has 1 N–H and O–H groups in total. The van der Waals surface area contributed by atoms with Gasteiger partial charge >= 0.3 is 0 Å². The third-order valence-electron chi connectivity index (χ3n) is 5.77. The van der Waals surface area contributed by atoms with Crippen LogP contribution in [0.15, 0.2) is 0 Å². The first-order valence-electron chi connectivity index (χ1n) is 8.74. The van der Waals surface area contributed by atoms with E-state index in [1.165, 1.54) is 0 Å². The Morgan fingerprint density at radius 2 is 1.81 bits per heavy atom. The summed E-state index contributed by atoms with van der Waals surface area (Å²) >= 11 is 0. The molecule has 1 atom stereocenters. The molecule has 1 aliphatic heterocycles. The quantitative estimate of drug-likeness (QED) is 0.846. The van der Waals surface area contributed by atoms with Gasteiger partial charge in [-0.05, 0) is 37.5 Å². The molecule has 0 aromatic rings. The highest BCUT2D eigenvalue weighted by Crippen LogP contribution is 2.42. The van der Waals surface area contributed by atoms with Crippen molar-refractivity contribution in [2.75, 3.05) is 6.54 Å².